The quantitative estimate of drug-likeness (QED) is 0.905. The van der Waals surface area contributed by atoms with Gasteiger partial charge in [0, 0.05) is 6.04 Å². The highest BCUT2D eigenvalue weighted by Crippen LogP contribution is 2.31. The fourth-order valence-electron chi connectivity index (χ4n) is 2.49. The summed E-state index contributed by atoms with van der Waals surface area (Å²) in [6, 6.07) is 0.350. The zero-order chi connectivity index (χ0) is 13.2. The standard InChI is InChI=1S/C11H17F3N4/c1-8-16-17-10(6-15-7-11(12,13)14)18(8)9-4-2-3-5-9/h9,15H,2-7H2,1H3. The topological polar surface area (TPSA) is 42.7 Å². The summed E-state index contributed by atoms with van der Waals surface area (Å²) in [5.41, 5.74) is 0. The number of aromatic nitrogens is 3. The predicted octanol–water partition coefficient (Wildman–Crippen LogP) is 2.35. The average Bonchev–Trinajstić information content (AvgIpc) is 2.86. The molecule has 1 aliphatic carbocycles. The SMILES string of the molecule is Cc1nnc(CNCC(F)(F)F)n1C1CCCC1. The number of nitrogens with one attached hydrogen (secondary N) is 1. The number of nitrogens with zero attached hydrogens (tertiary/aromatic N) is 3. The third kappa shape index (κ3) is 3.22. The Morgan fingerprint density at radius 3 is 2.56 bits per heavy atom. The first kappa shape index (κ1) is 13.3. The van der Waals surface area contributed by atoms with E-state index in [1.54, 1.807) is 0 Å². The van der Waals surface area contributed by atoms with E-state index < -0.39 is 12.7 Å². The number of hydrogen-bond donors (Lipinski definition) is 1. The lowest BCUT2D eigenvalue weighted by molar-refractivity contribution is -0.125. The van der Waals surface area contributed by atoms with Crippen LogP contribution in [0.5, 0.6) is 0 Å². The molecule has 2 rings (SSSR count). The van der Waals surface area contributed by atoms with Crippen molar-refractivity contribution in [2.75, 3.05) is 6.54 Å². The summed E-state index contributed by atoms with van der Waals surface area (Å²) >= 11 is 0. The van der Waals surface area contributed by atoms with E-state index >= 15 is 0 Å². The predicted molar refractivity (Wildman–Crippen MR) is 60.0 cm³/mol. The lowest BCUT2D eigenvalue weighted by Crippen LogP contribution is -2.29. The highest BCUT2D eigenvalue weighted by atomic mass is 19.4. The number of rotatable bonds is 4. The van der Waals surface area contributed by atoms with E-state index in [-0.39, 0.29) is 6.54 Å². The van der Waals surface area contributed by atoms with Crippen molar-refractivity contribution >= 4 is 0 Å². The Kier molecular flexibility index (Phi) is 3.89. The van der Waals surface area contributed by atoms with Crippen molar-refractivity contribution in [2.24, 2.45) is 0 Å². The van der Waals surface area contributed by atoms with Crippen molar-refractivity contribution in [1.29, 1.82) is 0 Å². The van der Waals surface area contributed by atoms with Crippen LogP contribution in [0, 0.1) is 6.92 Å². The van der Waals surface area contributed by atoms with Crippen LogP contribution < -0.4 is 5.32 Å². The molecular weight excluding hydrogens is 245 g/mol. The summed E-state index contributed by atoms with van der Waals surface area (Å²) in [7, 11) is 0. The molecule has 1 saturated carbocycles. The summed E-state index contributed by atoms with van der Waals surface area (Å²) in [5.74, 6) is 1.38. The Hall–Kier alpha value is -1.11. The van der Waals surface area contributed by atoms with Gasteiger partial charge in [-0.1, -0.05) is 12.8 Å². The normalized spacial score (nSPS) is 17.6. The van der Waals surface area contributed by atoms with Crippen LogP contribution in [-0.4, -0.2) is 27.5 Å². The maximum atomic E-state index is 12.1. The summed E-state index contributed by atoms with van der Waals surface area (Å²) in [4.78, 5) is 0. The summed E-state index contributed by atoms with van der Waals surface area (Å²) in [6.45, 7) is 0.957. The zero-order valence-electron chi connectivity index (χ0n) is 10.3. The smallest absolute Gasteiger partial charge is 0.311 e. The van der Waals surface area contributed by atoms with Gasteiger partial charge in [-0.05, 0) is 19.8 Å². The second-order valence-electron chi connectivity index (χ2n) is 4.69. The van der Waals surface area contributed by atoms with Crippen LogP contribution in [0.4, 0.5) is 13.2 Å². The summed E-state index contributed by atoms with van der Waals surface area (Å²) in [6.07, 6.45) is 0.263. The molecule has 0 spiro atoms. The van der Waals surface area contributed by atoms with E-state index in [1.807, 2.05) is 11.5 Å². The first-order valence-electron chi connectivity index (χ1n) is 6.15. The molecular formula is C11H17F3N4. The van der Waals surface area contributed by atoms with Crippen LogP contribution in [0.25, 0.3) is 0 Å². The number of alkyl halides is 3. The molecule has 0 aliphatic heterocycles. The average molecular weight is 262 g/mol. The molecule has 0 aromatic carbocycles. The molecule has 0 atom stereocenters. The van der Waals surface area contributed by atoms with Crippen molar-refractivity contribution in [2.45, 2.75) is 51.4 Å². The van der Waals surface area contributed by atoms with Crippen molar-refractivity contribution in [1.82, 2.24) is 20.1 Å². The molecule has 0 bridgehead atoms. The largest absolute Gasteiger partial charge is 0.401 e. The highest BCUT2D eigenvalue weighted by molar-refractivity contribution is 4.98. The summed E-state index contributed by atoms with van der Waals surface area (Å²) < 4.78 is 38.2. The van der Waals surface area contributed by atoms with E-state index in [0.29, 0.717) is 11.9 Å². The molecule has 1 N–H and O–H groups in total. The Balaban J connectivity index is 2.00. The fourth-order valence-corrected chi connectivity index (χ4v) is 2.49. The van der Waals surface area contributed by atoms with E-state index in [0.717, 1.165) is 31.5 Å². The van der Waals surface area contributed by atoms with Crippen LogP contribution in [0.2, 0.25) is 0 Å². The van der Waals surface area contributed by atoms with Gasteiger partial charge in [0.05, 0.1) is 13.1 Å². The van der Waals surface area contributed by atoms with Gasteiger partial charge >= 0.3 is 6.18 Å². The van der Waals surface area contributed by atoms with E-state index in [2.05, 4.69) is 15.5 Å². The molecule has 7 heteroatoms. The molecule has 102 valence electrons. The fraction of sp³-hybridized carbons (Fsp3) is 0.818. The van der Waals surface area contributed by atoms with Gasteiger partial charge in [0.25, 0.3) is 0 Å². The van der Waals surface area contributed by atoms with Crippen LogP contribution in [0.15, 0.2) is 0 Å². The zero-order valence-corrected chi connectivity index (χ0v) is 10.3. The van der Waals surface area contributed by atoms with Gasteiger partial charge < -0.3 is 9.88 Å². The molecule has 1 heterocycles. The van der Waals surface area contributed by atoms with Gasteiger partial charge in [-0.25, -0.2) is 0 Å². The Labute approximate surface area is 104 Å². The second kappa shape index (κ2) is 5.26. The number of hydrogen-bond acceptors (Lipinski definition) is 3. The van der Waals surface area contributed by atoms with Gasteiger partial charge in [0.15, 0.2) is 0 Å². The van der Waals surface area contributed by atoms with Crippen LogP contribution in [0.3, 0.4) is 0 Å². The minimum absolute atomic E-state index is 0.108. The molecule has 4 nitrogen and oxygen atoms in total. The molecule has 1 fully saturated rings. The van der Waals surface area contributed by atoms with Gasteiger partial charge in [0.1, 0.15) is 11.6 Å². The minimum atomic E-state index is -4.19. The third-order valence-electron chi connectivity index (χ3n) is 3.24. The van der Waals surface area contributed by atoms with Crippen molar-refractivity contribution < 1.29 is 13.2 Å². The molecule has 0 saturated heterocycles. The maximum Gasteiger partial charge on any atom is 0.401 e. The molecule has 1 aromatic heterocycles. The minimum Gasteiger partial charge on any atom is -0.311 e. The van der Waals surface area contributed by atoms with Crippen molar-refractivity contribution in [3.05, 3.63) is 11.6 Å². The number of aryl methyl sites for hydroxylation is 1. The molecule has 1 aromatic rings. The number of halogens is 3. The van der Waals surface area contributed by atoms with E-state index in [4.69, 9.17) is 0 Å². The first-order valence-corrected chi connectivity index (χ1v) is 6.15. The highest BCUT2D eigenvalue weighted by Gasteiger charge is 2.27. The Bertz CT molecular complexity index is 393. The lowest BCUT2D eigenvalue weighted by atomic mass is 10.2. The van der Waals surface area contributed by atoms with Gasteiger partial charge in [-0.2, -0.15) is 13.2 Å². The van der Waals surface area contributed by atoms with Crippen LogP contribution in [0.1, 0.15) is 43.4 Å². The maximum absolute atomic E-state index is 12.1. The van der Waals surface area contributed by atoms with Crippen molar-refractivity contribution in [3.63, 3.8) is 0 Å². The van der Waals surface area contributed by atoms with Crippen molar-refractivity contribution in [3.8, 4) is 0 Å². The van der Waals surface area contributed by atoms with Gasteiger partial charge in [0.2, 0.25) is 0 Å². The van der Waals surface area contributed by atoms with Crippen LogP contribution in [-0.2, 0) is 6.54 Å². The third-order valence-corrected chi connectivity index (χ3v) is 3.24. The molecule has 0 amide bonds. The Morgan fingerprint density at radius 1 is 1.28 bits per heavy atom. The van der Waals surface area contributed by atoms with E-state index in [9.17, 15) is 13.2 Å². The molecule has 18 heavy (non-hydrogen) atoms. The first-order chi connectivity index (χ1) is 8.47. The molecule has 0 unspecified atom stereocenters. The Morgan fingerprint density at radius 2 is 1.94 bits per heavy atom. The monoisotopic (exact) mass is 262 g/mol. The van der Waals surface area contributed by atoms with Crippen LogP contribution >= 0.6 is 0 Å². The molecule has 1 aliphatic rings. The lowest BCUT2D eigenvalue weighted by Gasteiger charge is -2.16. The van der Waals surface area contributed by atoms with Gasteiger partial charge in [-0.3, -0.25) is 0 Å². The summed E-state index contributed by atoms with van der Waals surface area (Å²) in [5, 5.41) is 10.3. The van der Waals surface area contributed by atoms with E-state index in [1.165, 1.54) is 0 Å². The van der Waals surface area contributed by atoms with Gasteiger partial charge in [-0.15, -0.1) is 10.2 Å². The second-order valence-corrected chi connectivity index (χ2v) is 4.69. The molecule has 0 radical (unpaired) electrons.